The molecule has 0 atom stereocenters. The van der Waals surface area contributed by atoms with Crippen LogP contribution in [0.4, 0.5) is 0 Å². The van der Waals surface area contributed by atoms with Gasteiger partial charge in [-0.15, -0.1) is 0 Å². The lowest BCUT2D eigenvalue weighted by Crippen LogP contribution is -2.11. The van der Waals surface area contributed by atoms with Gasteiger partial charge in [0.1, 0.15) is 28.1 Å². The zero-order valence-corrected chi connectivity index (χ0v) is 14.7. The van der Waals surface area contributed by atoms with Gasteiger partial charge in [0.15, 0.2) is 0 Å². The van der Waals surface area contributed by atoms with Crippen LogP contribution in [0.15, 0.2) is 35.5 Å². The summed E-state index contributed by atoms with van der Waals surface area (Å²) >= 11 is 0. The van der Waals surface area contributed by atoms with E-state index in [0.717, 1.165) is 5.56 Å². The Kier molecular flexibility index (Phi) is 4.92. The maximum absolute atomic E-state index is 12.3. The van der Waals surface area contributed by atoms with Gasteiger partial charge in [-0.1, -0.05) is 0 Å². The first-order valence-corrected chi connectivity index (χ1v) is 8.03. The maximum atomic E-state index is 12.3. The van der Waals surface area contributed by atoms with Crippen LogP contribution in [-0.4, -0.2) is 41.3 Å². The van der Waals surface area contributed by atoms with Gasteiger partial charge in [-0.25, -0.2) is 9.78 Å². The van der Waals surface area contributed by atoms with Crippen molar-refractivity contribution < 1.29 is 19.0 Å². The Morgan fingerprint density at radius 3 is 2.50 bits per heavy atom. The molecule has 0 saturated heterocycles. The summed E-state index contributed by atoms with van der Waals surface area (Å²) in [4.78, 5) is 31.2. The number of rotatable bonds is 6. The van der Waals surface area contributed by atoms with E-state index in [1.165, 1.54) is 6.33 Å². The molecule has 0 bridgehead atoms. The number of carbonyl (C=O) groups excluding carboxylic acids is 1. The van der Waals surface area contributed by atoms with Crippen molar-refractivity contribution in [2.45, 2.75) is 13.5 Å². The van der Waals surface area contributed by atoms with Gasteiger partial charge in [-0.2, -0.15) is 0 Å². The third-order valence-corrected chi connectivity index (χ3v) is 3.92. The Labute approximate surface area is 149 Å². The van der Waals surface area contributed by atoms with Crippen molar-refractivity contribution in [3.05, 3.63) is 52.2 Å². The van der Waals surface area contributed by atoms with Crippen LogP contribution in [0.3, 0.4) is 0 Å². The van der Waals surface area contributed by atoms with Crippen molar-refractivity contribution in [3.8, 4) is 11.5 Å². The summed E-state index contributed by atoms with van der Waals surface area (Å²) in [6.07, 6.45) is 2.85. The van der Waals surface area contributed by atoms with E-state index in [4.69, 9.17) is 14.2 Å². The molecule has 2 heterocycles. The second-order valence-corrected chi connectivity index (χ2v) is 5.54. The third kappa shape index (κ3) is 3.26. The molecule has 1 N–H and O–H groups in total. The monoisotopic (exact) mass is 357 g/mol. The fraction of sp³-hybridized carbons (Fsp3) is 0.278. The van der Waals surface area contributed by atoms with Crippen LogP contribution in [0, 0.1) is 0 Å². The Hall–Kier alpha value is -3.29. The molecule has 0 aliphatic rings. The summed E-state index contributed by atoms with van der Waals surface area (Å²) in [6, 6.07) is 5.43. The van der Waals surface area contributed by atoms with Crippen LogP contribution < -0.4 is 15.0 Å². The largest absolute Gasteiger partial charge is 0.497 e. The molecule has 136 valence electrons. The van der Waals surface area contributed by atoms with Gasteiger partial charge in [0.2, 0.25) is 0 Å². The normalized spacial score (nSPS) is 10.7. The van der Waals surface area contributed by atoms with Crippen molar-refractivity contribution in [2.75, 3.05) is 20.8 Å². The molecule has 8 nitrogen and oxygen atoms in total. The molecule has 0 unspecified atom stereocenters. The quantitative estimate of drug-likeness (QED) is 0.678. The number of H-pyrrole nitrogens is 1. The fourth-order valence-corrected chi connectivity index (χ4v) is 2.77. The fourth-order valence-electron chi connectivity index (χ4n) is 2.77. The molecule has 0 radical (unpaired) electrons. The molecule has 26 heavy (non-hydrogen) atoms. The molecular weight excluding hydrogens is 338 g/mol. The summed E-state index contributed by atoms with van der Waals surface area (Å²) in [5.41, 5.74) is 1.37. The number of hydrogen-bond donors (Lipinski definition) is 1. The Bertz CT molecular complexity index is 983. The summed E-state index contributed by atoms with van der Waals surface area (Å²) in [7, 11) is 3.13. The van der Waals surface area contributed by atoms with E-state index >= 15 is 0 Å². The number of carbonyl (C=O) groups is 1. The molecule has 1 aromatic carbocycles. The summed E-state index contributed by atoms with van der Waals surface area (Å²) in [5, 5.41) is 0. The number of aromatic nitrogens is 3. The first kappa shape index (κ1) is 17.5. The van der Waals surface area contributed by atoms with Crippen LogP contribution in [0.25, 0.3) is 11.0 Å². The second kappa shape index (κ2) is 7.30. The number of fused-ring (bicyclic) bond motifs is 1. The number of ether oxygens (including phenoxy) is 3. The van der Waals surface area contributed by atoms with Crippen LogP contribution in [0.2, 0.25) is 0 Å². The highest BCUT2D eigenvalue weighted by atomic mass is 16.5. The van der Waals surface area contributed by atoms with Gasteiger partial charge in [-0.3, -0.25) is 4.79 Å². The Morgan fingerprint density at radius 2 is 1.88 bits per heavy atom. The minimum Gasteiger partial charge on any atom is -0.497 e. The SMILES string of the molecule is CCOC(=O)c1cn(Cc2cc(OC)cc(OC)c2)c2c(=O)[nH]cnc12. The zero-order valence-electron chi connectivity index (χ0n) is 14.7. The molecule has 0 amide bonds. The minimum atomic E-state index is -0.516. The molecule has 8 heteroatoms. The maximum Gasteiger partial charge on any atom is 0.341 e. The number of benzene rings is 1. The van der Waals surface area contributed by atoms with Gasteiger partial charge in [-0.05, 0) is 24.6 Å². The van der Waals surface area contributed by atoms with Crippen molar-refractivity contribution in [1.29, 1.82) is 0 Å². The van der Waals surface area contributed by atoms with Gasteiger partial charge < -0.3 is 23.8 Å². The summed E-state index contributed by atoms with van der Waals surface area (Å²) < 4.78 is 17.3. The van der Waals surface area contributed by atoms with Crippen LogP contribution in [-0.2, 0) is 11.3 Å². The molecule has 0 fully saturated rings. The van der Waals surface area contributed by atoms with E-state index in [-0.39, 0.29) is 17.7 Å². The highest BCUT2D eigenvalue weighted by Crippen LogP contribution is 2.25. The van der Waals surface area contributed by atoms with Gasteiger partial charge in [0.05, 0.1) is 27.2 Å². The molecule has 2 aromatic heterocycles. The zero-order chi connectivity index (χ0) is 18.7. The molecule has 0 aliphatic heterocycles. The van der Waals surface area contributed by atoms with Crippen molar-refractivity contribution in [1.82, 2.24) is 14.5 Å². The number of esters is 1. The number of aromatic amines is 1. The molecule has 0 aliphatic carbocycles. The first-order valence-electron chi connectivity index (χ1n) is 8.03. The van der Waals surface area contributed by atoms with Gasteiger partial charge in [0, 0.05) is 18.8 Å². The number of nitrogens with one attached hydrogen (secondary N) is 1. The van der Waals surface area contributed by atoms with E-state index < -0.39 is 5.97 Å². The predicted octanol–water partition coefficient (Wildman–Crippen LogP) is 1.97. The smallest absolute Gasteiger partial charge is 0.341 e. The second-order valence-electron chi connectivity index (χ2n) is 5.54. The van der Waals surface area contributed by atoms with Crippen LogP contribution in [0.5, 0.6) is 11.5 Å². The van der Waals surface area contributed by atoms with Crippen LogP contribution >= 0.6 is 0 Å². The molecule has 0 spiro atoms. The van der Waals surface area contributed by atoms with E-state index in [1.54, 1.807) is 38.0 Å². The van der Waals surface area contributed by atoms with Crippen molar-refractivity contribution >= 4 is 17.0 Å². The minimum absolute atomic E-state index is 0.238. The number of nitrogens with zero attached hydrogens (tertiary/aromatic N) is 2. The molecular formula is C18H19N3O5. The average molecular weight is 357 g/mol. The van der Waals surface area contributed by atoms with E-state index in [1.807, 2.05) is 12.1 Å². The summed E-state index contributed by atoms with van der Waals surface area (Å²) in [6.45, 7) is 2.29. The van der Waals surface area contributed by atoms with Crippen molar-refractivity contribution in [3.63, 3.8) is 0 Å². The van der Waals surface area contributed by atoms with Crippen LogP contribution in [0.1, 0.15) is 22.8 Å². The van der Waals surface area contributed by atoms with E-state index in [9.17, 15) is 9.59 Å². The number of hydrogen-bond acceptors (Lipinski definition) is 6. The molecule has 3 rings (SSSR count). The molecule has 0 saturated carbocycles. The van der Waals surface area contributed by atoms with E-state index in [0.29, 0.717) is 29.1 Å². The lowest BCUT2D eigenvalue weighted by Gasteiger charge is -2.09. The van der Waals surface area contributed by atoms with Gasteiger partial charge in [0.25, 0.3) is 5.56 Å². The average Bonchev–Trinajstić information content (AvgIpc) is 3.01. The number of methoxy groups -OCH3 is 2. The molecule has 3 aromatic rings. The lowest BCUT2D eigenvalue weighted by molar-refractivity contribution is 0.0528. The Balaban J connectivity index is 2.11. The van der Waals surface area contributed by atoms with Gasteiger partial charge >= 0.3 is 5.97 Å². The summed E-state index contributed by atoms with van der Waals surface area (Å²) in [5.74, 6) is 0.750. The Morgan fingerprint density at radius 1 is 1.19 bits per heavy atom. The van der Waals surface area contributed by atoms with E-state index in [2.05, 4.69) is 9.97 Å². The first-order chi connectivity index (χ1) is 12.6. The third-order valence-electron chi connectivity index (χ3n) is 3.92. The standard InChI is InChI=1S/C18H19N3O5/c1-4-26-18(23)14-9-21(16-15(14)19-10-20-17(16)22)8-11-5-12(24-2)7-13(6-11)25-3/h5-7,9-10H,4,8H2,1-3H3,(H,19,20,22). The highest BCUT2D eigenvalue weighted by molar-refractivity contribution is 6.02. The van der Waals surface area contributed by atoms with Crippen molar-refractivity contribution in [2.24, 2.45) is 0 Å². The predicted molar refractivity (Wildman–Crippen MR) is 95.0 cm³/mol. The highest BCUT2D eigenvalue weighted by Gasteiger charge is 2.19. The lowest BCUT2D eigenvalue weighted by atomic mass is 10.2. The topological polar surface area (TPSA) is 95.4 Å².